The first-order valence-corrected chi connectivity index (χ1v) is 22.4. The first-order chi connectivity index (χ1) is 32.5. The van der Waals surface area contributed by atoms with Gasteiger partial charge in [-0.3, -0.25) is 0 Å². The van der Waals surface area contributed by atoms with Crippen LogP contribution in [-0.2, 0) is 19.1 Å². The maximum atomic E-state index is 13.0. The van der Waals surface area contributed by atoms with E-state index < -0.39 is 23.9 Å². The van der Waals surface area contributed by atoms with Crippen LogP contribution in [0.25, 0.3) is 0 Å². The van der Waals surface area contributed by atoms with Crippen molar-refractivity contribution in [2.24, 2.45) is 0 Å². The van der Waals surface area contributed by atoms with Gasteiger partial charge < -0.3 is 28.4 Å². The molecule has 0 fully saturated rings. The first kappa shape index (κ1) is 50.2. The lowest BCUT2D eigenvalue weighted by molar-refractivity contribution is -0.138. The van der Waals surface area contributed by atoms with Crippen LogP contribution in [0, 0.1) is 44.5 Å². The van der Waals surface area contributed by atoms with E-state index in [1.54, 1.807) is 73.7 Å². The Morgan fingerprint density at radius 2 is 0.806 bits per heavy atom. The van der Waals surface area contributed by atoms with E-state index in [0.29, 0.717) is 54.6 Å². The summed E-state index contributed by atoms with van der Waals surface area (Å²) in [5.74, 6) is 13.1. The van der Waals surface area contributed by atoms with Crippen molar-refractivity contribution in [2.75, 3.05) is 26.4 Å². The van der Waals surface area contributed by atoms with Gasteiger partial charge >= 0.3 is 23.9 Å². The van der Waals surface area contributed by atoms with Crippen LogP contribution in [0.2, 0.25) is 0 Å². The summed E-state index contributed by atoms with van der Waals surface area (Å²) in [6.45, 7) is 14.5. The Balaban J connectivity index is 1.03. The first-order valence-electron chi connectivity index (χ1n) is 22.4. The number of rotatable bonds is 22. The van der Waals surface area contributed by atoms with Gasteiger partial charge in [0.2, 0.25) is 0 Å². The zero-order valence-corrected chi connectivity index (χ0v) is 38.5. The molecule has 0 amide bonds. The molecule has 344 valence electrons. The number of hydrogen-bond acceptors (Lipinski definition) is 10. The van der Waals surface area contributed by atoms with Gasteiger partial charge in [-0.2, -0.15) is 0 Å². The smallest absolute Gasteiger partial charge is 0.343 e. The average molecular weight is 901 g/mol. The van der Waals surface area contributed by atoms with Crippen LogP contribution >= 0.6 is 0 Å². The van der Waals surface area contributed by atoms with E-state index in [9.17, 15) is 19.2 Å². The lowest BCUT2D eigenvalue weighted by Crippen LogP contribution is -2.10. The van der Waals surface area contributed by atoms with Crippen molar-refractivity contribution in [3.63, 3.8) is 0 Å². The van der Waals surface area contributed by atoms with Crippen molar-refractivity contribution < 1.29 is 47.6 Å². The second kappa shape index (κ2) is 26.8. The zero-order valence-electron chi connectivity index (χ0n) is 38.5. The van der Waals surface area contributed by atoms with E-state index in [1.165, 1.54) is 12.2 Å². The number of carbonyl (C=O) groups is 4. The molecule has 5 aromatic rings. The molecule has 10 heteroatoms. The molecule has 0 unspecified atom stereocenters. The molecule has 0 aliphatic heterocycles. The quantitative estimate of drug-likeness (QED) is 0.0218. The molecule has 67 heavy (non-hydrogen) atoms. The van der Waals surface area contributed by atoms with Crippen molar-refractivity contribution in [2.45, 2.75) is 72.1 Å². The highest BCUT2D eigenvalue weighted by Crippen LogP contribution is 2.26. The normalized spacial score (nSPS) is 10.3. The fraction of sp³-hybridized carbons (Fsp3) is 0.263. The fourth-order valence-electron chi connectivity index (χ4n) is 6.51. The predicted molar refractivity (Wildman–Crippen MR) is 259 cm³/mol. The Kier molecular flexibility index (Phi) is 20.1. The fourth-order valence-corrected chi connectivity index (χ4v) is 6.51. The molecule has 0 aliphatic carbocycles. The molecule has 0 radical (unpaired) electrons. The maximum Gasteiger partial charge on any atom is 0.343 e. The van der Waals surface area contributed by atoms with Gasteiger partial charge in [0.25, 0.3) is 0 Å². The third-order valence-corrected chi connectivity index (χ3v) is 10.3. The van der Waals surface area contributed by atoms with Crippen molar-refractivity contribution in [3.8, 4) is 46.7 Å². The Bertz CT molecular complexity index is 2640. The molecule has 0 N–H and O–H groups in total. The van der Waals surface area contributed by atoms with Gasteiger partial charge in [0.05, 0.1) is 37.6 Å². The molecular weight excluding hydrogens is 845 g/mol. The second-order valence-corrected chi connectivity index (χ2v) is 15.6. The van der Waals surface area contributed by atoms with E-state index in [4.69, 9.17) is 28.4 Å². The molecule has 10 nitrogen and oxygen atoms in total. The molecule has 0 aliphatic rings. The second-order valence-electron chi connectivity index (χ2n) is 15.6. The maximum absolute atomic E-state index is 13.0. The topological polar surface area (TPSA) is 124 Å². The van der Waals surface area contributed by atoms with E-state index in [0.717, 1.165) is 96.2 Å². The highest BCUT2D eigenvalue weighted by Gasteiger charge is 2.14. The summed E-state index contributed by atoms with van der Waals surface area (Å²) in [5.41, 5.74) is 6.48. The molecule has 5 aromatic carbocycles. The number of benzene rings is 5. The third kappa shape index (κ3) is 17.2. The van der Waals surface area contributed by atoms with Crippen molar-refractivity contribution in [1.82, 2.24) is 0 Å². The van der Waals surface area contributed by atoms with Gasteiger partial charge in [-0.1, -0.05) is 36.8 Å². The largest absolute Gasteiger partial charge is 0.493 e. The SMILES string of the molecule is C=CC(=O)OCCCCCCOc1ccc(C#Cc2ccc(C(=O)Oc3ccc(OC(=O)c4ccc(C#Cc5ccc(OCCCCCCOC(=O)C=C)c(C)c5)cc4)c(C)c3)cc2)cc1C. The monoisotopic (exact) mass is 900 g/mol. The zero-order chi connectivity index (χ0) is 47.8. The summed E-state index contributed by atoms with van der Waals surface area (Å²) in [6, 6.07) is 30.2. The number of ether oxygens (including phenoxy) is 6. The molecular formula is C57H56O10. The predicted octanol–water partition coefficient (Wildman–Crippen LogP) is 11.2. The van der Waals surface area contributed by atoms with Gasteiger partial charge in [0, 0.05) is 34.4 Å². The number of esters is 4. The van der Waals surface area contributed by atoms with E-state index in [2.05, 4.69) is 36.8 Å². The van der Waals surface area contributed by atoms with Gasteiger partial charge in [-0.25, -0.2) is 19.2 Å². The Morgan fingerprint density at radius 3 is 1.22 bits per heavy atom. The third-order valence-electron chi connectivity index (χ3n) is 10.3. The number of carbonyl (C=O) groups excluding carboxylic acids is 4. The van der Waals surface area contributed by atoms with Crippen molar-refractivity contribution in [3.05, 3.63) is 179 Å². The van der Waals surface area contributed by atoms with Gasteiger partial charge in [0.15, 0.2) is 0 Å². The van der Waals surface area contributed by atoms with Crippen LogP contribution in [0.1, 0.15) is 111 Å². The number of aryl methyl sites for hydroxylation is 3. The Morgan fingerprint density at radius 1 is 0.433 bits per heavy atom. The molecule has 0 bridgehead atoms. The lowest BCUT2D eigenvalue weighted by Gasteiger charge is -2.10. The van der Waals surface area contributed by atoms with Crippen LogP contribution < -0.4 is 18.9 Å². The Labute approximate surface area is 393 Å². The Hall–Kier alpha value is -7.82. The van der Waals surface area contributed by atoms with Crippen LogP contribution in [0.15, 0.2) is 128 Å². The summed E-state index contributed by atoms with van der Waals surface area (Å²) in [4.78, 5) is 48.2. The number of unbranched alkanes of at least 4 members (excludes halogenated alkanes) is 6. The highest BCUT2D eigenvalue weighted by atomic mass is 16.5. The van der Waals surface area contributed by atoms with Crippen molar-refractivity contribution in [1.29, 1.82) is 0 Å². The molecule has 0 aromatic heterocycles. The average Bonchev–Trinajstić information content (AvgIpc) is 3.33. The molecule has 0 heterocycles. The summed E-state index contributed by atoms with van der Waals surface area (Å²) >= 11 is 0. The highest BCUT2D eigenvalue weighted by molar-refractivity contribution is 5.92. The van der Waals surface area contributed by atoms with E-state index >= 15 is 0 Å². The van der Waals surface area contributed by atoms with Gasteiger partial charge in [-0.05, 0) is 192 Å². The molecule has 0 spiro atoms. The number of hydrogen-bond donors (Lipinski definition) is 0. The summed E-state index contributed by atoms with van der Waals surface area (Å²) < 4.78 is 33.2. The van der Waals surface area contributed by atoms with E-state index in [1.807, 2.05) is 50.2 Å². The van der Waals surface area contributed by atoms with Crippen LogP contribution in [-0.4, -0.2) is 50.3 Å². The minimum Gasteiger partial charge on any atom is -0.493 e. The van der Waals surface area contributed by atoms with Crippen LogP contribution in [0.5, 0.6) is 23.0 Å². The van der Waals surface area contributed by atoms with Crippen molar-refractivity contribution >= 4 is 23.9 Å². The summed E-state index contributed by atoms with van der Waals surface area (Å²) in [7, 11) is 0. The van der Waals surface area contributed by atoms with Crippen LogP contribution in [0.4, 0.5) is 0 Å². The summed E-state index contributed by atoms with van der Waals surface area (Å²) in [5, 5.41) is 0. The summed E-state index contributed by atoms with van der Waals surface area (Å²) in [6.07, 6.45) is 9.63. The van der Waals surface area contributed by atoms with Gasteiger partial charge in [-0.15, -0.1) is 0 Å². The molecule has 0 atom stereocenters. The lowest BCUT2D eigenvalue weighted by atomic mass is 10.1. The van der Waals surface area contributed by atoms with Crippen LogP contribution in [0.3, 0.4) is 0 Å². The van der Waals surface area contributed by atoms with Gasteiger partial charge in [0.1, 0.15) is 23.0 Å². The minimum absolute atomic E-state index is 0.312. The van der Waals surface area contributed by atoms with E-state index in [-0.39, 0.29) is 0 Å². The molecule has 5 rings (SSSR count). The molecule has 0 saturated heterocycles. The molecule has 0 saturated carbocycles. The standard InChI is InChI=1S/C57H56O10/c1-6-54(58)64-36-14-10-8-12-34-62-51-31-24-46(38-41(51)3)18-16-44-20-26-48(27-21-44)56(60)66-50-30-33-53(43(5)40-50)67-57(61)49-28-22-45(23-29-49)17-19-47-25-32-52(42(4)39-47)63-35-13-9-11-15-37-65-55(59)7-2/h6-7,20-33,38-40H,1-2,8-15,34-37H2,3-5H3. The minimum atomic E-state index is -0.533.